The maximum atomic E-state index is 5.43. The van der Waals surface area contributed by atoms with Crippen LogP contribution in [0.15, 0.2) is 24.3 Å². The van der Waals surface area contributed by atoms with Gasteiger partial charge in [-0.05, 0) is 42.7 Å². The minimum Gasteiger partial charge on any atom is -0.496 e. The van der Waals surface area contributed by atoms with Gasteiger partial charge in [0, 0.05) is 0 Å². The SMILES string of the molecule is CC[C@H]1CC[C@H](Cc2ccccc2OC)CC1. The first kappa shape index (κ1) is 12.5. The summed E-state index contributed by atoms with van der Waals surface area (Å²) in [6.45, 7) is 2.32. The summed E-state index contributed by atoms with van der Waals surface area (Å²) < 4.78 is 5.43. The lowest BCUT2D eigenvalue weighted by Gasteiger charge is -2.28. The molecular formula is C16H24O. The van der Waals surface area contributed by atoms with Crippen LogP contribution in [-0.4, -0.2) is 7.11 Å². The monoisotopic (exact) mass is 232 g/mol. The zero-order valence-corrected chi connectivity index (χ0v) is 11.1. The van der Waals surface area contributed by atoms with Gasteiger partial charge in [0.05, 0.1) is 7.11 Å². The zero-order chi connectivity index (χ0) is 12.1. The average Bonchev–Trinajstić information content (AvgIpc) is 2.40. The van der Waals surface area contributed by atoms with E-state index < -0.39 is 0 Å². The molecule has 1 aliphatic carbocycles. The Kier molecular flexibility index (Phi) is 4.47. The quantitative estimate of drug-likeness (QED) is 0.745. The van der Waals surface area contributed by atoms with Crippen LogP contribution in [0.4, 0.5) is 0 Å². The van der Waals surface area contributed by atoms with Crippen molar-refractivity contribution in [1.82, 2.24) is 0 Å². The number of para-hydroxylation sites is 1. The van der Waals surface area contributed by atoms with E-state index >= 15 is 0 Å². The Hall–Kier alpha value is -0.980. The highest BCUT2D eigenvalue weighted by atomic mass is 16.5. The molecule has 1 fully saturated rings. The molecule has 17 heavy (non-hydrogen) atoms. The lowest BCUT2D eigenvalue weighted by molar-refractivity contribution is 0.266. The van der Waals surface area contributed by atoms with Gasteiger partial charge in [0.2, 0.25) is 0 Å². The summed E-state index contributed by atoms with van der Waals surface area (Å²) in [5.41, 5.74) is 1.38. The molecule has 0 N–H and O–H groups in total. The number of ether oxygens (including phenoxy) is 1. The third kappa shape index (κ3) is 3.24. The second kappa shape index (κ2) is 6.09. The van der Waals surface area contributed by atoms with Gasteiger partial charge >= 0.3 is 0 Å². The predicted octanol–water partition coefficient (Wildman–Crippen LogP) is 4.45. The van der Waals surface area contributed by atoms with Gasteiger partial charge in [-0.2, -0.15) is 0 Å². The first-order valence-corrected chi connectivity index (χ1v) is 6.95. The summed E-state index contributed by atoms with van der Waals surface area (Å²) in [6, 6.07) is 8.46. The largest absolute Gasteiger partial charge is 0.496 e. The summed E-state index contributed by atoms with van der Waals surface area (Å²) in [6.07, 6.45) is 8.21. The Morgan fingerprint density at radius 1 is 1.06 bits per heavy atom. The molecule has 1 saturated carbocycles. The first-order chi connectivity index (χ1) is 8.33. The van der Waals surface area contributed by atoms with Gasteiger partial charge in [-0.1, -0.05) is 44.4 Å². The smallest absolute Gasteiger partial charge is 0.122 e. The van der Waals surface area contributed by atoms with E-state index in [4.69, 9.17) is 4.74 Å². The number of benzene rings is 1. The van der Waals surface area contributed by atoms with Gasteiger partial charge in [-0.25, -0.2) is 0 Å². The molecule has 0 unspecified atom stereocenters. The van der Waals surface area contributed by atoms with Crippen molar-refractivity contribution in [1.29, 1.82) is 0 Å². The fourth-order valence-corrected chi connectivity index (χ4v) is 3.03. The van der Waals surface area contributed by atoms with E-state index in [0.717, 1.165) is 17.6 Å². The molecule has 1 heteroatoms. The third-order valence-electron chi connectivity index (χ3n) is 4.24. The van der Waals surface area contributed by atoms with Crippen molar-refractivity contribution in [2.24, 2.45) is 11.8 Å². The summed E-state index contributed by atoms with van der Waals surface area (Å²) in [5, 5.41) is 0. The van der Waals surface area contributed by atoms with Crippen LogP contribution in [0.2, 0.25) is 0 Å². The van der Waals surface area contributed by atoms with Crippen LogP contribution in [-0.2, 0) is 6.42 Å². The van der Waals surface area contributed by atoms with Crippen LogP contribution >= 0.6 is 0 Å². The minimum absolute atomic E-state index is 0.870. The highest BCUT2D eigenvalue weighted by Gasteiger charge is 2.20. The van der Waals surface area contributed by atoms with Crippen LogP contribution in [0.1, 0.15) is 44.6 Å². The topological polar surface area (TPSA) is 9.23 Å². The van der Waals surface area contributed by atoms with Crippen LogP contribution in [0, 0.1) is 11.8 Å². The van der Waals surface area contributed by atoms with E-state index in [1.807, 2.05) is 0 Å². The fourth-order valence-electron chi connectivity index (χ4n) is 3.03. The van der Waals surface area contributed by atoms with Crippen LogP contribution in [0.3, 0.4) is 0 Å². The molecule has 0 atom stereocenters. The number of rotatable bonds is 4. The highest BCUT2D eigenvalue weighted by Crippen LogP contribution is 2.34. The first-order valence-electron chi connectivity index (χ1n) is 6.95. The van der Waals surface area contributed by atoms with Crippen LogP contribution in [0.25, 0.3) is 0 Å². The molecule has 0 spiro atoms. The molecule has 1 nitrogen and oxygen atoms in total. The Labute approximate surface area is 105 Å². The maximum Gasteiger partial charge on any atom is 0.122 e. The second-order valence-corrected chi connectivity index (χ2v) is 5.31. The van der Waals surface area contributed by atoms with Crippen LogP contribution < -0.4 is 4.74 Å². The lowest BCUT2D eigenvalue weighted by Crippen LogP contribution is -2.16. The van der Waals surface area contributed by atoms with E-state index in [-0.39, 0.29) is 0 Å². The van der Waals surface area contributed by atoms with E-state index in [1.165, 1.54) is 44.1 Å². The van der Waals surface area contributed by atoms with Crippen molar-refractivity contribution in [2.75, 3.05) is 7.11 Å². The Bertz CT molecular complexity index is 337. The minimum atomic E-state index is 0.870. The molecule has 1 aliphatic rings. The summed E-state index contributed by atoms with van der Waals surface area (Å²) in [5.74, 6) is 2.92. The van der Waals surface area contributed by atoms with Gasteiger partial charge in [0.1, 0.15) is 5.75 Å². The van der Waals surface area contributed by atoms with Crippen molar-refractivity contribution in [2.45, 2.75) is 45.4 Å². The van der Waals surface area contributed by atoms with E-state index in [9.17, 15) is 0 Å². The van der Waals surface area contributed by atoms with E-state index in [2.05, 4.69) is 31.2 Å². The Morgan fingerprint density at radius 3 is 2.35 bits per heavy atom. The van der Waals surface area contributed by atoms with Crippen molar-refractivity contribution in [3.05, 3.63) is 29.8 Å². The molecule has 1 aromatic carbocycles. The molecule has 0 aromatic heterocycles. The number of hydrogen-bond donors (Lipinski definition) is 0. The van der Waals surface area contributed by atoms with Gasteiger partial charge < -0.3 is 4.74 Å². The molecule has 0 heterocycles. The van der Waals surface area contributed by atoms with Crippen LogP contribution in [0.5, 0.6) is 5.75 Å². The fraction of sp³-hybridized carbons (Fsp3) is 0.625. The Morgan fingerprint density at radius 2 is 1.71 bits per heavy atom. The van der Waals surface area contributed by atoms with Gasteiger partial charge in [-0.3, -0.25) is 0 Å². The molecular weight excluding hydrogens is 208 g/mol. The zero-order valence-electron chi connectivity index (χ0n) is 11.1. The molecule has 94 valence electrons. The van der Waals surface area contributed by atoms with Gasteiger partial charge in [-0.15, -0.1) is 0 Å². The molecule has 1 aromatic rings. The summed E-state index contributed by atoms with van der Waals surface area (Å²) in [4.78, 5) is 0. The van der Waals surface area contributed by atoms with Gasteiger partial charge in [0.15, 0.2) is 0 Å². The predicted molar refractivity (Wildman–Crippen MR) is 72.4 cm³/mol. The molecule has 0 saturated heterocycles. The average molecular weight is 232 g/mol. The van der Waals surface area contributed by atoms with Gasteiger partial charge in [0.25, 0.3) is 0 Å². The summed E-state index contributed by atoms with van der Waals surface area (Å²) >= 11 is 0. The number of methoxy groups -OCH3 is 1. The standard InChI is InChI=1S/C16H24O/c1-3-13-8-10-14(11-9-13)12-15-6-4-5-7-16(15)17-2/h4-7,13-14H,3,8-12H2,1-2H3/t13-,14-. The van der Waals surface area contributed by atoms with E-state index in [1.54, 1.807) is 7.11 Å². The lowest BCUT2D eigenvalue weighted by atomic mass is 9.78. The van der Waals surface area contributed by atoms with Crippen molar-refractivity contribution in [3.8, 4) is 5.75 Å². The molecule has 0 bridgehead atoms. The van der Waals surface area contributed by atoms with Crippen molar-refractivity contribution >= 4 is 0 Å². The summed E-state index contributed by atoms with van der Waals surface area (Å²) in [7, 11) is 1.77. The second-order valence-electron chi connectivity index (χ2n) is 5.31. The normalized spacial score (nSPS) is 24.6. The maximum absolute atomic E-state index is 5.43. The molecule has 0 amide bonds. The third-order valence-corrected chi connectivity index (χ3v) is 4.24. The molecule has 0 radical (unpaired) electrons. The van der Waals surface area contributed by atoms with E-state index in [0.29, 0.717) is 0 Å². The van der Waals surface area contributed by atoms with Crippen molar-refractivity contribution in [3.63, 3.8) is 0 Å². The highest BCUT2D eigenvalue weighted by molar-refractivity contribution is 5.33. The molecule has 0 aliphatic heterocycles. The molecule has 2 rings (SSSR count). The Balaban J connectivity index is 1.93. The number of hydrogen-bond acceptors (Lipinski definition) is 1. The van der Waals surface area contributed by atoms with Crippen molar-refractivity contribution < 1.29 is 4.74 Å².